The Hall–Kier alpha value is -1.52. The van der Waals surface area contributed by atoms with Gasteiger partial charge in [-0.05, 0) is 19.8 Å². The number of hydrogen-bond donors (Lipinski definition) is 1. The minimum atomic E-state index is -0.450. The summed E-state index contributed by atoms with van der Waals surface area (Å²) >= 11 is 0. The molecule has 0 radical (unpaired) electrons. The number of carbonyl (C=O) groups excluding carboxylic acids is 2. The van der Waals surface area contributed by atoms with Crippen LogP contribution in [0, 0.1) is 0 Å². The molecule has 0 heterocycles. The average Bonchev–Trinajstić information content (AvgIpc) is 2.22. The van der Waals surface area contributed by atoms with Crippen molar-refractivity contribution in [2.24, 2.45) is 0 Å². The van der Waals surface area contributed by atoms with E-state index in [2.05, 4.69) is 11.9 Å². The zero-order chi connectivity index (χ0) is 11.7. The van der Waals surface area contributed by atoms with Gasteiger partial charge in [-0.3, -0.25) is 0 Å². The number of esters is 1. The van der Waals surface area contributed by atoms with Crippen LogP contribution in [0.4, 0.5) is 4.79 Å². The Kier molecular flexibility index (Phi) is 7.05. The van der Waals surface area contributed by atoms with Crippen LogP contribution in [0.2, 0.25) is 0 Å². The highest BCUT2D eigenvalue weighted by Crippen LogP contribution is 1.96. The van der Waals surface area contributed by atoms with Crippen LogP contribution < -0.4 is 5.32 Å². The van der Waals surface area contributed by atoms with E-state index >= 15 is 0 Å². The van der Waals surface area contributed by atoms with Crippen LogP contribution in [0.3, 0.4) is 0 Å². The molecular formula is C10H17NO4. The van der Waals surface area contributed by atoms with E-state index < -0.39 is 6.09 Å². The Morgan fingerprint density at radius 2 is 1.73 bits per heavy atom. The lowest BCUT2D eigenvalue weighted by Crippen LogP contribution is -2.19. The van der Waals surface area contributed by atoms with Gasteiger partial charge in [-0.15, -0.1) is 0 Å². The predicted molar refractivity (Wildman–Crippen MR) is 55.4 cm³/mol. The van der Waals surface area contributed by atoms with Crippen molar-refractivity contribution >= 4 is 12.1 Å². The summed E-state index contributed by atoms with van der Waals surface area (Å²) in [4.78, 5) is 21.5. The van der Waals surface area contributed by atoms with E-state index in [4.69, 9.17) is 9.47 Å². The minimum absolute atomic E-state index is 0.322. The predicted octanol–water partition coefficient (Wildman–Crippen LogP) is 1.24. The molecule has 0 fully saturated rings. The zero-order valence-electron chi connectivity index (χ0n) is 9.17. The van der Waals surface area contributed by atoms with Crippen molar-refractivity contribution in [3.8, 4) is 0 Å². The summed E-state index contributed by atoms with van der Waals surface area (Å²) in [5.41, 5.74) is 0.386. The van der Waals surface area contributed by atoms with E-state index in [0.29, 0.717) is 31.6 Å². The summed E-state index contributed by atoms with van der Waals surface area (Å²) in [6.07, 6.45) is 0.876. The van der Waals surface area contributed by atoms with Crippen molar-refractivity contribution in [1.29, 1.82) is 0 Å². The fourth-order valence-electron chi connectivity index (χ4n) is 0.729. The molecule has 0 saturated heterocycles. The Balaban J connectivity index is 3.29. The molecule has 0 atom stereocenters. The third kappa shape index (κ3) is 7.54. The van der Waals surface area contributed by atoms with Crippen LogP contribution in [0.15, 0.2) is 12.2 Å². The normalized spacial score (nSPS) is 9.20. The van der Waals surface area contributed by atoms with Gasteiger partial charge in [0.25, 0.3) is 0 Å². The summed E-state index contributed by atoms with van der Waals surface area (Å²) in [5, 5.41) is 2.33. The smallest absolute Gasteiger partial charge is 0.406 e. The summed E-state index contributed by atoms with van der Waals surface area (Å²) in [5.74, 6) is -0.387. The van der Waals surface area contributed by atoms with Crippen LogP contribution >= 0.6 is 0 Å². The molecule has 0 aliphatic rings. The van der Waals surface area contributed by atoms with Crippen molar-refractivity contribution in [1.82, 2.24) is 5.32 Å². The van der Waals surface area contributed by atoms with E-state index in [1.54, 1.807) is 6.92 Å². The molecule has 5 heteroatoms. The first-order chi connectivity index (χ1) is 7.07. The molecule has 1 N–H and O–H groups in total. The van der Waals surface area contributed by atoms with Crippen molar-refractivity contribution in [3.63, 3.8) is 0 Å². The Morgan fingerprint density at radius 1 is 1.20 bits per heavy atom. The number of alkyl carbamates (subject to hydrolysis) is 1. The Morgan fingerprint density at radius 3 is 2.20 bits per heavy atom. The van der Waals surface area contributed by atoms with Gasteiger partial charge in [-0.1, -0.05) is 6.58 Å². The van der Waals surface area contributed by atoms with E-state index in [1.807, 2.05) is 0 Å². The number of rotatable bonds is 6. The zero-order valence-corrected chi connectivity index (χ0v) is 9.17. The van der Waals surface area contributed by atoms with Gasteiger partial charge in [0, 0.05) is 12.6 Å². The van der Waals surface area contributed by atoms with Crippen LogP contribution in [0.1, 0.15) is 19.8 Å². The van der Waals surface area contributed by atoms with Gasteiger partial charge >= 0.3 is 12.1 Å². The number of carbonyl (C=O) groups is 2. The van der Waals surface area contributed by atoms with Crippen LogP contribution in [0.5, 0.6) is 0 Å². The molecule has 0 rings (SSSR count). The molecule has 0 aromatic heterocycles. The summed E-state index contributed by atoms with van der Waals surface area (Å²) in [6.45, 7) is 5.69. The molecule has 0 aromatic carbocycles. The van der Waals surface area contributed by atoms with Gasteiger partial charge in [-0.2, -0.15) is 0 Å². The highest BCUT2D eigenvalue weighted by Gasteiger charge is 2.02. The van der Waals surface area contributed by atoms with E-state index in [-0.39, 0.29) is 5.97 Å². The van der Waals surface area contributed by atoms with Crippen molar-refractivity contribution in [2.45, 2.75) is 19.8 Å². The molecule has 5 nitrogen and oxygen atoms in total. The standard InChI is InChI=1S/C10H17NO4/c1-8(2)9(12)14-6-4-5-7-15-10(13)11-3/h1,4-7H2,2-3H3,(H,11,13). The number of hydrogen-bond acceptors (Lipinski definition) is 4. The third-order valence-corrected chi connectivity index (χ3v) is 1.56. The first-order valence-electron chi connectivity index (χ1n) is 4.75. The minimum Gasteiger partial charge on any atom is -0.462 e. The topological polar surface area (TPSA) is 64.6 Å². The van der Waals surface area contributed by atoms with Crippen LogP contribution in [0.25, 0.3) is 0 Å². The molecule has 15 heavy (non-hydrogen) atoms. The van der Waals surface area contributed by atoms with Crippen molar-refractivity contribution < 1.29 is 19.1 Å². The van der Waals surface area contributed by atoms with Gasteiger partial charge in [0.2, 0.25) is 0 Å². The van der Waals surface area contributed by atoms with Crippen molar-refractivity contribution in [3.05, 3.63) is 12.2 Å². The molecule has 0 bridgehead atoms. The molecule has 0 aliphatic heterocycles. The second kappa shape index (κ2) is 7.84. The maximum atomic E-state index is 10.9. The van der Waals surface area contributed by atoms with Gasteiger partial charge < -0.3 is 14.8 Å². The summed E-state index contributed by atoms with van der Waals surface area (Å²) < 4.78 is 9.58. The second-order valence-corrected chi connectivity index (χ2v) is 3.01. The maximum absolute atomic E-state index is 10.9. The Bertz CT molecular complexity index is 238. The highest BCUT2D eigenvalue weighted by atomic mass is 16.5. The SMILES string of the molecule is C=C(C)C(=O)OCCCCOC(=O)NC. The third-order valence-electron chi connectivity index (χ3n) is 1.56. The first-order valence-corrected chi connectivity index (χ1v) is 4.75. The average molecular weight is 215 g/mol. The van der Waals surface area contributed by atoms with Gasteiger partial charge in [-0.25, -0.2) is 9.59 Å². The molecule has 0 saturated carbocycles. The Labute approximate surface area is 89.4 Å². The van der Waals surface area contributed by atoms with E-state index in [0.717, 1.165) is 0 Å². The monoisotopic (exact) mass is 215 g/mol. The summed E-state index contributed by atoms with van der Waals surface area (Å²) in [7, 11) is 1.50. The van der Waals surface area contributed by atoms with Gasteiger partial charge in [0.1, 0.15) is 0 Å². The molecular weight excluding hydrogens is 198 g/mol. The number of ether oxygens (including phenoxy) is 2. The number of nitrogens with one attached hydrogen (secondary N) is 1. The lowest BCUT2D eigenvalue weighted by atomic mass is 10.3. The first kappa shape index (κ1) is 13.5. The fourth-order valence-corrected chi connectivity index (χ4v) is 0.729. The largest absolute Gasteiger partial charge is 0.462 e. The maximum Gasteiger partial charge on any atom is 0.406 e. The molecule has 86 valence electrons. The number of amides is 1. The van der Waals surface area contributed by atoms with E-state index in [9.17, 15) is 9.59 Å². The molecule has 0 aliphatic carbocycles. The number of unbranched alkanes of at least 4 members (excludes halogenated alkanes) is 1. The van der Waals surface area contributed by atoms with Gasteiger partial charge in [0.05, 0.1) is 13.2 Å². The quantitative estimate of drug-likeness (QED) is 0.411. The van der Waals surface area contributed by atoms with Gasteiger partial charge in [0.15, 0.2) is 0 Å². The summed E-state index contributed by atoms with van der Waals surface area (Å²) in [6, 6.07) is 0. The molecule has 1 amide bonds. The molecule has 0 unspecified atom stereocenters. The van der Waals surface area contributed by atoms with E-state index in [1.165, 1.54) is 7.05 Å². The lowest BCUT2D eigenvalue weighted by molar-refractivity contribution is -0.139. The van der Waals surface area contributed by atoms with Crippen molar-refractivity contribution in [2.75, 3.05) is 20.3 Å². The highest BCUT2D eigenvalue weighted by molar-refractivity contribution is 5.86. The fraction of sp³-hybridized carbons (Fsp3) is 0.600. The molecule has 0 aromatic rings. The lowest BCUT2D eigenvalue weighted by Gasteiger charge is -2.05. The molecule has 0 spiro atoms. The van der Waals surface area contributed by atoms with Crippen LogP contribution in [-0.2, 0) is 14.3 Å². The van der Waals surface area contributed by atoms with Crippen LogP contribution in [-0.4, -0.2) is 32.3 Å². The second-order valence-electron chi connectivity index (χ2n) is 3.01.